The van der Waals surface area contributed by atoms with Crippen LogP contribution in [-0.2, 0) is 9.59 Å². The third kappa shape index (κ3) is 9.39. The molecule has 142 valence electrons. The van der Waals surface area contributed by atoms with Crippen molar-refractivity contribution in [1.82, 2.24) is 15.5 Å². The van der Waals surface area contributed by atoms with Crippen LogP contribution in [0.15, 0.2) is 53.6 Å². The fraction of sp³-hybridized carbons (Fsp3) is 0.400. The van der Waals surface area contributed by atoms with Crippen LogP contribution < -0.4 is 15.5 Å². The van der Waals surface area contributed by atoms with Gasteiger partial charge in [-0.1, -0.05) is 47.6 Å². The van der Waals surface area contributed by atoms with Crippen LogP contribution in [0.4, 0.5) is 0 Å². The molecule has 0 fully saturated rings. The van der Waals surface area contributed by atoms with Gasteiger partial charge in [0.05, 0.1) is 12.6 Å². The lowest BCUT2D eigenvalue weighted by molar-refractivity contribution is -0.121. The van der Waals surface area contributed by atoms with E-state index in [0.717, 1.165) is 24.0 Å². The molecular weight excluding hydrogens is 350 g/mol. The van der Waals surface area contributed by atoms with Gasteiger partial charge >= 0.3 is 0 Å². The zero-order valence-electron chi connectivity index (χ0n) is 15.6. The topological polar surface area (TPSA) is 70.2 Å². The first-order chi connectivity index (χ1) is 12.4. The number of carbonyl (C=O) groups excluding carboxylic acids is 2. The van der Waals surface area contributed by atoms with Crippen LogP contribution in [0.1, 0.15) is 45.2 Å². The molecular formula is C20H28ClN3O2. The minimum Gasteiger partial charge on any atom is -0.350 e. The summed E-state index contributed by atoms with van der Waals surface area (Å²) in [5, 5.41) is 5.72. The third-order valence-corrected chi connectivity index (χ3v) is 3.85. The highest BCUT2D eigenvalue weighted by Crippen LogP contribution is 2.12. The molecule has 2 amide bonds. The number of allylic oxidation sites excluding steroid dienone is 3. The Morgan fingerprint density at radius 2 is 1.85 bits per heavy atom. The summed E-state index contributed by atoms with van der Waals surface area (Å²) >= 11 is 5.38. The molecule has 0 spiro atoms. The van der Waals surface area contributed by atoms with Crippen LogP contribution in [0, 0.1) is 0 Å². The smallest absolute Gasteiger partial charge is 0.244 e. The standard InChI is InChI=1S/C20H28ClN3O2/c1-15(2)8-7-9-16(3)12-19(25)22-13-18(24-20(26)14-23-21)17-10-5-4-6-11-17/h4-6,8,10-12,18,23H,7,9,13-14H2,1-3H3,(H,22,25)(H,24,26)/b16-12+/t18-/m1/s1. The molecule has 0 aromatic heterocycles. The minimum atomic E-state index is -0.322. The van der Waals surface area contributed by atoms with E-state index in [9.17, 15) is 9.59 Å². The first-order valence-electron chi connectivity index (χ1n) is 8.68. The molecule has 0 saturated heterocycles. The molecule has 1 rings (SSSR count). The van der Waals surface area contributed by atoms with Crippen LogP contribution in [0.2, 0.25) is 0 Å². The average molecular weight is 378 g/mol. The first kappa shape index (κ1) is 21.9. The highest BCUT2D eigenvalue weighted by molar-refractivity contribution is 6.14. The minimum absolute atomic E-state index is 0.00219. The van der Waals surface area contributed by atoms with Crippen molar-refractivity contribution in [2.75, 3.05) is 13.1 Å². The highest BCUT2D eigenvalue weighted by atomic mass is 35.5. The fourth-order valence-corrected chi connectivity index (χ4v) is 2.50. The van der Waals surface area contributed by atoms with Gasteiger partial charge in [-0.3, -0.25) is 9.59 Å². The maximum absolute atomic E-state index is 12.1. The molecule has 0 saturated carbocycles. The van der Waals surface area contributed by atoms with Gasteiger partial charge < -0.3 is 10.6 Å². The normalized spacial score (nSPS) is 12.2. The zero-order chi connectivity index (χ0) is 19.4. The number of benzene rings is 1. The van der Waals surface area contributed by atoms with Crippen molar-refractivity contribution < 1.29 is 9.59 Å². The second-order valence-electron chi connectivity index (χ2n) is 6.40. The SMILES string of the molecule is CC(C)=CCC/C(C)=C/C(=O)NC[C@@H](NC(=O)CNCl)c1ccccc1. The van der Waals surface area contributed by atoms with Crippen LogP contribution in [0.3, 0.4) is 0 Å². The predicted octanol–water partition coefficient (Wildman–Crippen LogP) is 3.40. The number of nitrogens with one attached hydrogen (secondary N) is 3. The first-order valence-corrected chi connectivity index (χ1v) is 9.06. The molecule has 0 aliphatic rings. The molecule has 0 unspecified atom stereocenters. The fourth-order valence-electron chi connectivity index (χ4n) is 2.38. The van der Waals surface area contributed by atoms with Gasteiger partial charge in [-0.15, -0.1) is 0 Å². The van der Waals surface area contributed by atoms with Gasteiger partial charge in [-0.2, -0.15) is 0 Å². The van der Waals surface area contributed by atoms with E-state index in [-0.39, 0.29) is 24.4 Å². The Kier molecular flexibility index (Phi) is 10.4. The Morgan fingerprint density at radius 1 is 1.15 bits per heavy atom. The molecule has 6 heteroatoms. The molecule has 26 heavy (non-hydrogen) atoms. The summed E-state index contributed by atoms with van der Waals surface area (Å²) in [7, 11) is 0. The van der Waals surface area contributed by atoms with E-state index < -0.39 is 0 Å². The quantitative estimate of drug-likeness (QED) is 0.332. The largest absolute Gasteiger partial charge is 0.350 e. The number of rotatable bonds is 10. The molecule has 1 aromatic carbocycles. The van der Waals surface area contributed by atoms with Gasteiger partial charge in [0.1, 0.15) is 0 Å². The van der Waals surface area contributed by atoms with E-state index in [1.165, 1.54) is 5.57 Å². The highest BCUT2D eigenvalue weighted by Gasteiger charge is 2.15. The molecule has 5 nitrogen and oxygen atoms in total. The Morgan fingerprint density at radius 3 is 2.46 bits per heavy atom. The van der Waals surface area contributed by atoms with Gasteiger partial charge in [0.2, 0.25) is 11.8 Å². The van der Waals surface area contributed by atoms with Crippen LogP contribution in [0.5, 0.6) is 0 Å². The Bertz CT molecular complexity index is 638. The van der Waals surface area contributed by atoms with Crippen molar-refractivity contribution in [2.45, 2.75) is 39.7 Å². The van der Waals surface area contributed by atoms with Gasteiger partial charge in [-0.05, 0) is 51.0 Å². The second kappa shape index (κ2) is 12.3. The summed E-state index contributed by atoms with van der Waals surface area (Å²) < 4.78 is 0. The molecule has 0 aliphatic heterocycles. The monoisotopic (exact) mass is 377 g/mol. The molecule has 3 N–H and O–H groups in total. The molecule has 0 heterocycles. The number of hydrogen-bond donors (Lipinski definition) is 3. The average Bonchev–Trinajstić information content (AvgIpc) is 2.59. The second-order valence-corrected chi connectivity index (χ2v) is 6.66. The van der Waals surface area contributed by atoms with E-state index in [1.807, 2.05) is 37.3 Å². The zero-order valence-corrected chi connectivity index (χ0v) is 16.4. The molecule has 0 bridgehead atoms. The van der Waals surface area contributed by atoms with Gasteiger partial charge in [-0.25, -0.2) is 4.84 Å². The van der Waals surface area contributed by atoms with Crippen LogP contribution >= 0.6 is 11.8 Å². The number of halogens is 1. The third-order valence-electron chi connectivity index (χ3n) is 3.71. The molecule has 1 aromatic rings. The van der Waals surface area contributed by atoms with E-state index in [1.54, 1.807) is 6.08 Å². The van der Waals surface area contributed by atoms with Crippen molar-refractivity contribution in [1.29, 1.82) is 0 Å². The summed E-state index contributed by atoms with van der Waals surface area (Å²) in [5.41, 5.74) is 3.21. The lowest BCUT2D eigenvalue weighted by Crippen LogP contribution is -2.40. The predicted molar refractivity (Wildman–Crippen MR) is 107 cm³/mol. The summed E-state index contributed by atoms with van der Waals surface area (Å²) in [4.78, 5) is 26.3. The van der Waals surface area contributed by atoms with E-state index in [0.29, 0.717) is 6.54 Å². The van der Waals surface area contributed by atoms with Crippen molar-refractivity contribution >= 4 is 23.6 Å². The van der Waals surface area contributed by atoms with E-state index in [4.69, 9.17) is 11.8 Å². The van der Waals surface area contributed by atoms with Crippen LogP contribution in [0.25, 0.3) is 0 Å². The van der Waals surface area contributed by atoms with E-state index in [2.05, 4.69) is 35.4 Å². The van der Waals surface area contributed by atoms with Crippen molar-refractivity contribution in [3.63, 3.8) is 0 Å². The summed E-state index contributed by atoms with van der Waals surface area (Å²) in [6.07, 6.45) is 5.54. The van der Waals surface area contributed by atoms with Gasteiger partial charge in [0.15, 0.2) is 0 Å². The molecule has 0 radical (unpaired) electrons. The van der Waals surface area contributed by atoms with E-state index >= 15 is 0 Å². The Hall–Kier alpha value is -2.11. The molecule has 0 aliphatic carbocycles. The number of hydrogen-bond acceptors (Lipinski definition) is 3. The van der Waals surface area contributed by atoms with Gasteiger partial charge in [0, 0.05) is 12.6 Å². The number of carbonyl (C=O) groups is 2. The van der Waals surface area contributed by atoms with Crippen LogP contribution in [-0.4, -0.2) is 24.9 Å². The number of amides is 2. The maximum atomic E-state index is 12.1. The Labute approximate surface area is 161 Å². The van der Waals surface area contributed by atoms with Gasteiger partial charge in [0.25, 0.3) is 0 Å². The summed E-state index contributed by atoms with van der Waals surface area (Å²) in [6, 6.07) is 9.18. The molecule has 1 atom stereocenters. The van der Waals surface area contributed by atoms with Crippen molar-refractivity contribution in [3.8, 4) is 0 Å². The lowest BCUT2D eigenvalue weighted by atomic mass is 10.1. The maximum Gasteiger partial charge on any atom is 0.244 e. The summed E-state index contributed by atoms with van der Waals surface area (Å²) in [6.45, 7) is 6.37. The lowest BCUT2D eigenvalue weighted by Gasteiger charge is -2.19. The summed E-state index contributed by atoms with van der Waals surface area (Å²) in [5.74, 6) is -0.401. The van der Waals surface area contributed by atoms with Crippen molar-refractivity contribution in [2.24, 2.45) is 0 Å². The van der Waals surface area contributed by atoms with Crippen molar-refractivity contribution in [3.05, 3.63) is 59.2 Å². The Balaban J connectivity index is 2.63.